The van der Waals surface area contributed by atoms with Crippen LogP contribution in [0.5, 0.6) is 0 Å². The van der Waals surface area contributed by atoms with Crippen molar-refractivity contribution >= 4 is 5.82 Å². The Kier molecular flexibility index (Phi) is 3.09. The first-order valence-corrected chi connectivity index (χ1v) is 5.85. The van der Waals surface area contributed by atoms with Crippen LogP contribution in [0.4, 0.5) is 5.82 Å². The van der Waals surface area contributed by atoms with E-state index in [1.807, 2.05) is 19.1 Å². The predicted molar refractivity (Wildman–Crippen MR) is 64.1 cm³/mol. The molecule has 0 aliphatic heterocycles. The standard InChI is InChI=1S/C13H17N3/c1-9-4-3-5-11(9)15-13-7-6-10(2)12(8-14)16-13/h6-7,9,11H,3-5H2,1-2H3,(H,15,16). The molecular formula is C13H17N3. The predicted octanol–water partition coefficient (Wildman–Crippen LogP) is 2.86. The Morgan fingerprint density at radius 3 is 2.88 bits per heavy atom. The molecule has 0 spiro atoms. The van der Waals surface area contributed by atoms with Gasteiger partial charge in [-0.05, 0) is 37.3 Å². The molecular weight excluding hydrogens is 198 g/mol. The molecule has 1 aliphatic carbocycles. The van der Waals surface area contributed by atoms with E-state index in [2.05, 4.69) is 23.3 Å². The first kappa shape index (κ1) is 10.9. The highest BCUT2D eigenvalue weighted by molar-refractivity contribution is 5.43. The number of hydrogen-bond acceptors (Lipinski definition) is 3. The van der Waals surface area contributed by atoms with Crippen LogP contribution in [0.2, 0.25) is 0 Å². The largest absolute Gasteiger partial charge is 0.367 e. The van der Waals surface area contributed by atoms with Crippen molar-refractivity contribution < 1.29 is 0 Å². The third-order valence-corrected chi connectivity index (χ3v) is 3.40. The lowest BCUT2D eigenvalue weighted by molar-refractivity contribution is 0.555. The van der Waals surface area contributed by atoms with Gasteiger partial charge >= 0.3 is 0 Å². The van der Waals surface area contributed by atoms with Crippen LogP contribution in [0.1, 0.15) is 37.4 Å². The summed E-state index contributed by atoms with van der Waals surface area (Å²) in [5.74, 6) is 1.54. The first-order valence-electron chi connectivity index (χ1n) is 5.85. The highest BCUT2D eigenvalue weighted by atomic mass is 15.0. The van der Waals surface area contributed by atoms with Crippen LogP contribution in [-0.2, 0) is 0 Å². The summed E-state index contributed by atoms with van der Waals surface area (Å²) < 4.78 is 0. The minimum Gasteiger partial charge on any atom is -0.367 e. The summed E-state index contributed by atoms with van der Waals surface area (Å²) in [6.07, 6.45) is 3.78. The molecule has 1 saturated carbocycles. The van der Waals surface area contributed by atoms with Crippen molar-refractivity contribution in [1.82, 2.24) is 4.98 Å². The first-order chi connectivity index (χ1) is 7.70. The van der Waals surface area contributed by atoms with Crippen molar-refractivity contribution in [2.75, 3.05) is 5.32 Å². The zero-order valence-electron chi connectivity index (χ0n) is 9.83. The number of rotatable bonds is 2. The van der Waals surface area contributed by atoms with Crippen LogP contribution in [0.25, 0.3) is 0 Å². The van der Waals surface area contributed by atoms with Crippen LogP contribution in [0, 0.1) is 24.2 Å². The molecule has 0 bridgehead atoms. The Hall–Kier alpha value is -1.56. The van der Waals surface area contributed by atoms with Gasteiger partial charge in [-0.2, -0.15) is 5.26 Å². The van der Waals surface area contributed by atoms with Crippen LogP contribution < -0.4 is 5.32 Å². The maximum absolute atomic E-state index is 8.92. The van der Waals surface area contributed by atoms with Crippen molar-refractivity contribution in [2.45, 2.75) is 39.2 Å². The molecule has 1 aromatic heterocycles. The molecule has 0 radical (unpaired) electrons. The molecule has 1 aliphatic rings. The number of pyridine rings is 1. The lowest BCUT2D eigenvalue weighted by atomic mass is 10.1. The smallest absolute Gasteiger partial charge is 0.145 e. The maximum Gasteiger partial charge on any atom is 0.145 e. The zero-order chi connectivity index (χ0) is 11.5. The summed E-state index contributed by atoms with van der Waals surface area (Å²) >= 11 is 0. The molecule has 2 unspecified atom stereocenters. The average molecular weight is 215 g/mol. The number of aromatic nitrogens is 1. The second-order valence-corrected chi connectivity index (χ2v) is 4.63. The van der Waals surface area contributed by atoms with E-state index in [4.69, 9.17) is 5.26 Å². The normalized spacial score (nSPS) is 24.1. The molecule has 1 N–H and O–H groups in total. The minimum atomic E-state index is 0.516. The molecule has 0 aromatic carbocycles. The molecule has 3 nitrogen and oxygen atoms in total. The molecule has 1 heterocycles. The van der Waals surface area contributed by atoms with Gasteiger partial charge in [0.1, 0.15) is 17.6 Å². The average Bonchev–Trinajstić information content (AvgIpc) is 2.67. The molecule has 16 heavy (non-hydrogen) atoms. The number of aryl methyl sites for hydroxylation is 1. The summed E-state index contributed by atoms with van der Waals surface area (Å²) in [5, 5.41) is 12.3. The molecule has 0 amide bonds. The molecule has 0 saturated heterocycles. The summed E-state index contributed by atoms with van der Waals surface area (Å²) in [6, 6.07) is 6.55. The maximum atomic E-state index is 8.92. The van der Waals surface area contributed by atoms with Gasteiger partial charge in [-0.3, -0.25) is 0 Å². The highest BCUT2D eigenvalue weighted by Gasteiger charge is 2.23. The van der Waals surface area contributed by atoms with E-state index in [9.17, 15) is 0 Å². The number of nitrogens with one attached hydrogen (secondary N) is 1. The fourth-order valence-corrected chi connectivity index (χ4v) is 2.27. The topological polar surface area (TPSA) is 48.7 Å². The van der Waals surface area contributed by atoms with Gasteiger partial charge in [0.05, 0.1) is 0 Å². The summed E-state index contributed by atoms with van der Waals surface area (Å²) in [6.45, 7) is 4.18. The Bertz CT molecular complexity index is 420. The van der Waals surface area contributed by atoms with E-state index >= 15 is 0 Å². The van der Waals surface area contributed by atoms with Gasteiger partial charge in [0.15, 0.2) is 0 Å². The molecule has 84 valence electrons. The Morgan fingerprint density at radius 1 is 1.44 bits per heavy atom. The Labute approximate surface area is 96.5 Å². The van der Waals surface area contributed by atoms with Gasteiger partial charge in [0.25, 0.3) is 0 Å². The van der Waals surface area contributed by atoms with Crippen molar-refractivity contribution in [3.8, 4) is 6.07 Å². The van der Waals surface area contributed by atoms with Gasteiger partial charge in [-0.25, -0.2) is 4.98 Å². The molecule has 3 heteroatoms. The minimum absolute atomic E-state index is 0.516. The monoisotopic (exact) mass is 215 g/mol. The van der Waals surface area contributed by atoms with Gasteiger partial charge in [0.2, 0.25) is 0 Å². The van der Waals surface area contributed by atoms with Crippen molar-refractivity contribution in [3.05, 3.63) is 23.4 Å². The van der Waals surface area contributed by atoms with E-state index in [1.165, 1.54) is 19.3 Å². The quantitative estimate of drug-likeness (QED) is 0.825. The van der Waals surface area contributed by atoms with Gasteiger partial charge in [-0.15, -0.1) is 0 Å². The molecule has 1 aromatic rings. The van der Waals surface area contributed by atoms with Crippen LogP contribution >= 0.6 is 0 Å². The number of nitrogens with zero attached hydrogens (tertiary/aromatic N) is 2. The summed E-state index contributed by atoms with van der Waals surface area (Å²) in [4.78, 5) is 4.32. The number of hydrogen-bond donors (Lipinski definition) is 1. The second kappa shape index (κ2) is 4.52. The number of nitriles is 1. The van der Waals surface area contributed by atoms with E-state index in [0.29, 0.717) is 17.7 Å². The van der Waals surface area contributed by atoms with Crippen molar-refractivity contribution in [2.24, 2.45) is 5.92 Å². The van der Waals surface area contributed by atoms with Crippen LogP contribution in [-0.4, -0.2) is 11.0 Å². The third-order valence-electron chi connectivity index (χ3n) is 3.40. The lowest BCUT2D eigenvalue weighted by Crippen LogP contribution is -2.22. The molecule has 2 rings (SSSR count). The lowest BCUT2D eigenvalue weighted by Gasteiger charge is -2.18. The van der Waals surface area contributed by atoms with E-state index < -0.39 is 0 Å². The summed E-state index contributed by atoms with van der Waals surface area (Å²) in [7, 11) is 0. The Balaban J connectivity index is 2.13. The van der Waals surface area contributed by atoms with E-state index in [-0.39, 0.29) is 0 Å². The molecule has 2 atom stereocenters. The van der Waals surface area contributed by atoms with Gasteiger partial charge in [-0.1, -0.05) is 19.4 Å². The van der Waals surface area contributed by atoms with E-state index in [0.717, 1.165) is 11.4 Å². The number of anilines is 1. The van der Waals surface area contributed by atoms with E-state index in [1.54, 1.807) is 0 Å². The fourth-order valence-electron chi connectivity index (χ4n) is 2.27. The SMILES string of the molecule is Cc1ccc(NC2CCCC2C)nc1C#N. The van der Waals surface area contributed by atoms with Gasteiger partial charge < -0.3 is 5.32 Å². The van der Waals surface area contributed by atoms with Crippen LogP contribution in [0.3, 0.4) is 0 Å². The van der Waals surface area contributed by atoms with Crippen molar-refractivity contribution in [3.63, 3.8) is 0 Å². The van der Waals surface area contributed by atoms with Gasteiger partial charge in [0, 0.05) is 6.04 Å². The fraction of sp³-hybridized carbons (Fsp3) is 0.538. The third kappa shape index (κ3) is 2.16. The summed E-state index contributed by atoms with van der Waals surface area (Å²) in [5.41, 5.74) is 1.46. The zero-order valence-corrected chi connectivity index (χ0v) is 9.83. The highest BCUT2D eigenvalue weighted by Crippen LogP contribution is 2.27. The molecule has 1 fully saturated rings. The second-order valence-electron chi connectivity index (χ2n) is 4.63. The Morgan fingerprint density at radius 2 is 2.25 bits per heavy atom. The van der Waals surface area contributed by atoms with Crippen LogP contribution in [0.15, 0.2) is 12.1 Å². The van der Waals surface area contributed by atoms with Crippen molar-refractivity contribution in [1.29, 1.82) is 5.26 Å².